The monoisotopic (exact) mass is 289 g/mol. The smallest absolute Gasteiger partial charge is 0.338 e. The number of rotatable bonds is 5. The Bertz CT molecular complexity index is 610. The van der Waals surface area contributed by atoms with Crippen LogP contribution in [0.2, 0.25) is 0 Å². The van der Waals surface area contributed by atoms with Crippen molar-refractivity contribution in [3.8, 4) is 0 Å². The SMILES string of the molecule is CCc1cnc(C2=NC(C(C)CC)C(=O)N2)c(C(=O)O)c1. The van der Waals surface area contributed by atoms with Gasteiger partial charge in [-0.2, -0.15) is 0 Å². The Morgan fingerprint density at radius 3 is 2.76 bits per heavy atom. The van der Waals surface area contributed by atoms with Gasteiger partial charge in [-0.15, -0.1) is 0 Å². The molecule has 1 aliphatic rings. The predicted molar refractivity (Wildman–Crippen MR) is 78.5 cm³/mol. The van der Waals surface area contributed by atoms with Crippen LogP contribution in [0.1, 0.15) is 48.8 Å². The molecule has 6 nitrogen and oxygen atoms in total. The second kappa shape index (κ2) is 6.03. The number of carbonyl (C=O) groups is 2. The van der Waals surface area contributed by atoms with E-state index in [1.54, 1.807) is 12.3 Å². The van der Waals surface area contributed by atoms with Crippen molar-refractivity contribution in [1.82, 2.24) is 10.3 Å². The molecule has 1 aromatic heterocycles. The zero-order valence-corrected chi connectivity index (χ0v) is 12.4. The number of pyridine rings is 1. The summed E-state index contributed by atoms with van der Waals surface area (Å²) in [7, 11) is 0. The summed E-state index contributed by atoms with van der Waals surface area (Å²) in [4.78, 5) is 31.9. The zero-order chi connectivity index (χ0) is 15.6. The first kappa shape index (κ1) is 15.2. The van der Waals surface area contributed by atoms with E-state index in [0.717, 1.165) is 12.0 Å². The fourth-order valence-corrected chi connectivity index (χ4v) is 2.20. The van der Waals surface area contributed by atoms with Gasteiger partial charge >= 0.3 is 5.97 Å². The van der Waals surface area contributed by atoms with Gasteiger partial charge in [0.1, 0.15) is 11.7 Å². The number of hydrogen-bond acceptors (Lipinski definition) is 4. The number of carboxylic acid groups (broad SMARTS) is 1. The number of nitrogens with one attached hydrogen (secondary N) is 1. The lowest BCUT2D eigenvalue weighted by Crippen LogP contribution is -2.33. The van der Waals surface area contributed by atoms with Crippen LogP contribution >= 0.6 is 0 Å². The minimum Gasteiger partial charge on any atom is -0.478 e. The number of hydrogen-bond donors (Lipinski definition) is 2. The van der Waals surface area contributed by atoms with Gasteiger partial charge in [-0.25, -0.2) is 4.79 Å². The molecule has 0 saturated heterocycles. The molecule has 2 atom stereocenters. The van der Waals surface area contributed by atoms with Gasteiger partial charge in [0, 0.05) is 6.20 Å². The van der Waals surface area contributed by atoms with E-state index < -0.39 is 12.0 Å². The Kier molecular flexibility index (Phi) is 4.35. The van der Waals surface area contributed by atoms with Crippen LogP contribution in [-0.4, -0.2) is 33.8 Å². The van der Waals surface area contributed by atoms with Crippen molar-refractivity contribution < 1.29 is 14.7 Å². The largest absolute Gasteiger partial charge is 0.478 e. The first-order chi connectivity index (χ1) is 9.97. The molecule has 2 unspecified atom stereocenters. The Hall–Kier alpha value is -2.24. The molecule has 21 heavy (non-hydrogen) atoms. The van der Waals surface area contributed by atoms with Crippen molar-refractivity contribution in [2.45, 2.75) is 39.7 Å². The number of carboxylic acids is 1. The van der Waals surface area contributed by atoms with E-state index in [9.17, 15) is 14.7 Å². The highest BCUT2D eigenvalue weighted by Gasteiger charge is 2.32. The zero-order valence-electron chi connectivity index (χ0n) is 12.4. The van der Waals surface area contributed by atoms with Crippen molar-refractivity contribution in [2.75, 3.05) is 0 Å². The molecule has 0 aromatic carbocycles. The van der Waals surface area contributed by atoms with Crippen LogP contribution in [0.15, 0.2) is 17.3 Å². The normalized spacial score (nSPS) is 19.1. The Morgan fingerprint density at radius 2 is 2.19 bits per heavy atom. The second-order valence-corrected chi connectivity index (χ2v) is 5.20. The van der Waals surface area contributed by atoms with Gasteiger partial charge in [-0.05, 0) is 24.0 Å². The van der Waals surface area contributed by atoms with Crippen molar-refractivity contribution >= 4 is 17.7 Å². The summed E-state index contributed by atoms with van der Waals surface area (Å²) in [6.45, 7) is 5.86. The van der Waals surface area contributed by atoms with E-state index >= 15 is 0 Å². The summed E-state index contributed by atoms with van der Waals surface area (Å²) in [6, 6.07) is 1.11. The first-order valence-electron chi connectivity index (χ1n) is 7.09. The van der Waals surface area contributed by atoms with E-state index in [1.165, 1.54) is 0 Å². The highest BCUT2D eigenvalue weighted by atomic mass is 16.4. The summed E-state index contributed by atoms with van der Waals surface area (Å²) in [5, 5.41) is 12.0. The lowest BCUT2D eigenvalue weighted by Gasteiger charge is -2.10. The first-order valence-corrected chi connectivity index (χ1v) is 7.09. The fraction of sp³-hybridized carbons (Fsp3) is 0.467. The molecule has 1 aliphatic heterocycles. The molecule has 1 aromatic rings. The quantitative estimate of drug-likeness (QED) is 0.861. The van der Waals surface area contributed by atoms with E-state index in [0.29, 0.717) is 6.42 Å². The van der Waals surface area contributed by atoms with Crippen LogP contribution < -0.4 is 5.32 Å². The molecule has 112 valence electrons. The Balaban J connectivity index is 2.43. The molecule has 2 N–H and O–H groups in total. The third-order valence-electron chi connectivity index (χ3n) is 3.77. The van der Waals surface area contributed by atoms with E-state index in [1.807, 2.05) is 20.8 Å². The minimum absolute atomic E-state index is 0.0678. The molecule has 0 aliphatic carbocycles. The Morgan fingerprint density at radius 1 is 1.48 bits per heavy atom. The highest BCUT2D eigenvalue weighted by molar-refractivity contribution is 6.16. The number of aromatic nitrogens is 1. The van der Waals surface area contributed by atoms with Gasteiger partial charge in [0.25, 0.3) is 5.91 Å². The van der Waals surface area contributed by atoms with Gasteiger partial charge in [0.15, 0.2) is 5.84 Å². The molecule has 0 radical (unpaired) electrons. The number of aromatic carboxylic acids is 1. The highest BCUT2D eigenvalue weighted by Crippen LogP contribution is 2.19. The molecule has 0 saturated carbocycles. The predicted octanol–water partition coefficient (Wildman–Crippen LogP) is 1.63. The Labute approximate surface area is 123 Å². The van der Waals surface area contributed by atoms with Gasteiger partial charge in [-0.3, -0.25) is 14.8 Å². The summed E-state index contributed by atoms with van der Waals surface area (Å²) in [5.74, 6) is -0.912. The van der Waals surface area contributed by atoms with Crippen molar-refractivity contribution in [1.29, 1.82) is 0 Å². The van der Waals surface area contributed by atoms with Crippen molar-refractivity contribution in [2.24, 2.45) is 10.9 Å². The maximum Gasteiger partial charge on any atom is 0.338 e. The summed E-state index contributed by atoms with van der Waals surface area (Å²) >= 11 is 0. The minimum atomic E-state index is -1.07. The molecule has 0 bridgehead atoms. The van der Waals surface area contributed by atoms with Gasteiger partial charge in [-0.1, -0.05) is 27.2 Å². The molecule has 0 spiro atoms. The molecular formula is C15H19N3O3. The maximum absolute atomic E-state index is 12.0. The molecular weight excluding hydrogens is 270 g/mol. The standard InChI is InChI=1S/C15H19N3O3/c1-4-8(3)11-14(19)18-13(17-11)12-10(15(20)21)6-9(5-2)7-16-12/h6-8,11H,4-5H2,1-3H3,(H,20,21)(H,17,18,19). The van der Waals surface area contributed by atoms with Gasteiger partial charge in [0.2, 0.25) is 0 Å². The lowest BCUT2D eigenvalue weighted by atomic mass is 10.00. The number of aryl methyl sites for hydroxylation is 1. The lowest BCUT2D eigenvalue weighted by molar-refractivity contribution is -0.121. The second-order valence-electron chi connectivity index (χ2n) is 5.20. The molecule has 2 heterocycles. The van der Waals surface area contributed by atoms with Crippen LogP contribution in [0.25, 0.3) is 0 Å². The summed E-state index contributed by atoms with van der Waals surface area (Å²) < 4.78 is 0. The van der Waals surface area contributed by atoms with Crippen molar-refractivity contribution in [3.05, 3.63) is 29.1 Å². The van der Waals surface area contributed by atoms with Crippen LogP contribution in [0.4, 0.5) is 0 Å². The van der Waals surface area contributed by atoms with E-state index in [4.69, 9.17) is 0 Å². The average Bonchev–Trinajstić information content (AvgIpc) is 2.87. The summed E-state index contributed by atoms with van der Waals surface area (Å²) in [5.41, 5.74) is 1.12. The average molecular weight is 289 g/mol. The van der Waals surface area contributed by atoms with Crippen LogP contribution in [0.5, 0.6) is 0 Å². The number of carbonyl (C=O) groups excluding carboxylic acids is 1. The molecule has 2 rings (SSSR count). The van der Waals surface area contributed by atoms with Crippen LogP contribution in [0, 0.1) is 5.92 Å². The van der Waals surface area contributed by atoms with Gasteiger partial charge in [0.05, 0.1) is 5.56 Å². The fourth-order valence-electron chi connectivity index (χ4n) is 2.20. The summed E-state index contributed by atoms with van der Waals surface area (Å²) in [6.07, 6.45) is 3.14. The number of aliphatic imine (C=N–C) groups is 1. The number of amidine groups is 1. The number of nitrogens with zero attached hydrogens (tertiary/aromatic N) is 2. The van der Waals surface area contributed by atoms with Crippen LogP contribution in [-0.2, 0) is 11.2 Å². The van der Waals surface area contributed by atoms with Crippen molar-refractivity contribution in [3.63, 3.8) is 0 Å². The molecule has 0 fully saturated rings. The molecule has 1 amide bonds. The maximum atomic E-state index is 12.0. The topological polar surface area (TPSA) is 91.7 Å². The molecule has 6 heteroatoms. The van der Waals surface area contributed by atoms with Gasteiger partial charge < -0.3 is 10.4 Å². The number of amides is 1. The van der Waals surface area contributed by atoms with E-state index in [2.05, 4.69) is 15.3 Å². The van der Waals surface area contributed by atoms with Crippen LogP contribution in [0.3, 0.4) is 0 Å². The third-order valence-corrected chi connectivity index (χ3v) is 3.77. The third kappa shape index (κ3) is 2.94. The van der Waals surface area contributed by atoms with E-state index in [-0.39, 0.29) is 28.9 Å².